The van der Waals surface area contributed by atoms with Gasteiger partial charge in [0, 0.05) is 12.4 Å². The number of aromatic nitrogens is 1. The number of nitrogens with zero attached hydrogens (tertiary/aromatic N) is 1. The molecule has 34 heavy (non-hydrogen) atoms. The normalized spacial score (nSPS) is 11.3. The average molecular weight is 459 g/mol. The van der Waals surface area contributed by atoms with E-state index in [1.807, 2.05) is 12.1 Å². The third-order valence-electron chi connectivity index (χ3n) is 5.83. The van der Waals surface area contributed by atoms with Crippen molar-refractivity contribution in [1.29, 1.82) is 0 Å². The minimum absolute atomic E-state index is 0.168. The molecule has 7 heteroatoms. The summed E-state index contributed by atoms with van der Waals surface area (Å²) in [7, 11) is 3.26. The van der Waals surface area contributed by atoms with Gasteiger partial charge in [-0.3, -0.25) is 4.79 Å². The number of anilines is 1. The molecule has 0 aliphatic rings. The zero-order chi connectivity index (χ0) is 24.3. The van der Waals surface area contributed by atoms with Crippen molar-refractivity contribution in [2.24, 2.45) is 7.05 Å². The molecule has 1 amide bonds. The van der Waals surface area contributed by atoms with Crippen LogP contribution in [-0.4, -0.2) is 35.3 Å². The molecule has 0 fully saturated rings. The molecule has 0 saturated heterocycles. The van der Waals surface area contributed by atoms with E-state index in [-0.39, 0.29) is 18.0 Å². The minimum Gasteiger partial charge on any atom is -0.497 e. The van der Waals surface area contributed by atoms with E-state index in [2.05, 4.69) is 5.32 Å². The van der Waals surface area contributed by atoms with Crippen LogP contribution in [0, 0.1) is 0 Å². The highest BCUT2D eigenvalue weighted by Gasteiger charge is 2.41. The summed E-state index contributed by atoms with van der Waals surface area (Å²) in [4.78, 5) is 26.7. The van der Waals surface area contributed by atoms with Crippen molar-refractivity contribution < 1.29 is 24.2 Å². The van der Waals surface area contributed by atoms with E-state index in [1.165, 1.54) is 7.11 Å². The molecule has 0 radical (unpaired) electrons. The predicted octanol–water partition coefficient (Wildman–Crippen LogP) is 4.24. The molecule has 0 atom stereocenters. The number of amides is 1. The number of esters is 1. The van der Waals surface area contributed by atoms with Gasteiger partial charge in [-0.05, 0) is 36.2 Å². The first-order valence-corrected chi connectivity index (χ1v) is 10.9. The number of hydrogen-bond acceptors (Lipinski definition) is 5. The van der Waals surface area contributed by atoms with Crippen LogP contribution in [0.25, 0.3) is 10.9 Å². The van der Waals surface area contributed by atoms with Crippen LogP contribution < -0.4 is 10.1 Å². The maximum absolute atomic E-state index is 13.8. The van der Waals surface area contributed by atoms with Gasteiger partial charge in [0.1, 0.15) is 5.75 Å². The number of aryl methyl sites for hydroxylation is 1. The van der Waals surface area contributed by atoms with Crippen LogP contribution in [0.1, 0.15) is 28.5 Å². The molecule has 0 saturated carbocycles. The first-order valence-electron chi connectivity index (χ1n) is 10.9. The Labute approximate surface area is 197 Å². The van der Waals surface area contributed by atoms with Crippen molar-refractivity contribution in [2.45, 2.75) is 12.5 Å². The third-order valence-corrected chi connectivity index (χ3v) is 5.83. The second kappa shape index (κ2) is 9.41. The van der Waals surface area contributed by atoms with E-state index in [0.717, 1.165) is 0 Å². The fourth-order valence-electron chi connectivity index (χ4n) is 4.11. The predicted molar refractivity (Wildman–Crippen MR) is 130 cm³/mol. The summed E-state index contributed by atoms with van der Waals surface area (Å²) in [6, 6.07) is 22.7. The van der Waals surface area contributed by atoms with Gasteiger partial charge in [0.25, 0.3) is 5.91 Å². The molecule has 2 N–H and O–H groups in total. The van der Waals surface area contributed by atoms with Crippen LogP contribution in [0.5, 0.6) is 5.75 Å². The maximum Gasteiger partial charge on any atom is 0.357 e. The van der Waals surface area contributed by atoms with Gasteiger partial charge in [-0.25, -0.2) is 4.79 Å². The second-order valence-electron chi connectivity index (χ2n) is 7.78. The van der Waals surface area contributed by atoms with Crippen LogP contribution in [0.15, 0.2) is 78.9 Å². The number of nitrogens with one attached hydrogen (secondary N) is 1. The van der Waals surface area contributed by atoms with Crippen molar-refractivity contribution in [2.75, 3.05) is 19.0 Å². The Kier molecular flexibility index (Phi) is 6.38. The fraction of sp³-hybridized carbons (Fsp3) is 0.185. The quantitative estimate of drug-likeness (QED) is 0.405. The Hall–Kier alpha value is -4.10. The van der Waals surface area contributed by atoms with E-state index >= 15 is 0 Å². The summed E-state index contributed by atoms with van der Waals surface area (Å²) in [6.07, 6.45) is 0. The number of carbonyl (C=O) groups is 2. The van der Waals surface area contributed by atoms with Gasteiger partial charge < -0.3 is 24.5 Å². The number of hydrogen-bond donors (Lipinski definition) is 2. The summed E-state index contributed by atoms with van der Waals surface area (Å²) in [6.45, 7) is 1.89. The van der Waals surface area contributed by atoms with Gasteiger partial charge in [-0.15, -0.1) is 0 Å². The molecule has 0 unspecified atom stereocenters. The van der Waals surface area contributed by atoms with E-state index in [4.69, 9.17) is 9.47 Å². The van der Waals surface area contributed by atoms with Crippen molar-refractivity contribution in [3.63, 3.8) is 0 Å². The SMILES string of the molecule is CCOC(=O)c1c(NC(=O)C(O)(c2ccccc2)c2ccccc2)c2cc(OC)ccc2n1C. The van der Waals surface area contributed by atoms with E-state index in [1.54, 1.807) is 85.3 Å². The number of fused-ring (bicyclic) bond motifs is 1. The molecule has 7 nitrogen and oxygen atoms in total. The number of ether oxygens (including phenoxy) is 2. The lowest BCUT2D eigenvalue weighted by atomic mass is 9.85. The fourth-order valence-corrected chi connectivity index (χ4v) is 4.11. The molecule has 0 spiro atoms. The van der Waals surface area contributed by atoms with Crippen LogP contribution in [0.2, 0.25) is 0 Å². The standard InChI is InChI=1S/C27H26N2O5/c1-4-34-25(30)24-23(21-17-20(33-3)15-16-22(21)29(24)2)28-26(31)27(32,18-11-7-5-8-12-18)19-13-9-6-10-14-19/h5-17,32H,4H2,1-3H3,(H,28,31). The number of methoxy groups -OCH3 is 1. The number of rotatable bonds is 7. The van der Waals surface area contributed by atoms with Crippen molar-refractivity contribution in [3.8, 4) is 5.75 Å². The molecule has 3 aromatic carbocycles. The summed E-state index contributed by atoms with van der Waals surface area (Å²) in [5.74, 6) is -0.727. The van der Waals surface area contributed by atoms with Gasteiger partial charge in [0.05, 0.1) is 24.9 Å². The van der Waals surface area contributed by atoms with Gasteiger partial charge in [-0.2, -0.15) is 0 Å². The minimum atomic E-state index is -2.00. The van der Waals surface area contributed by atoms with Crippen LogP contribution in [0.3, 0.4) is 0 Å². The zero-order valence-corrected chi connectivity index (χ0v) is 19.2. The molecule has 0 bridgehead atoms. The van der Waals surface area contributed by atoms with Crippen molar-refractivity contribution in [1.82, 2.24) is 4.57 Å². The molecule has 1 aromatic heterocycles. The average Bonchev–Trinajstić information content (AvgIpc) is 3.15. The lowest BCUT2D eigenvalue weighted by molar-refractivity contribution is -0.131. The van der Waals surface area contributed by atoms with Crippen LogP contribution in [-0.2, 0) is 22.2 Å². The molecule has 4 aromatic rings. The van der Waals surface area contributed by atoms with E-state index in [9.17, 15) is 14.7 Å². The zero-order valence-electron chi connectivity index (χ0n) is 19.2. The van der Waals surface area contributed by atoms with Gasteiger partial charge in [0.2, 0.25) is 0 Å². The van der Waals surface area contributed by atoms with Crippen molar-refractivity contribution in [3.05, 3.63) is 95.7 Å². The van der Waals surface area contributed by atoms with Crippen molar-refractivity contribution >= 4 is 28.5 Å². The highest BCUT2D eigenvalue weighted by atomic mass is 16.5. The van der Waals surface area contributed by atoms with Crippen LogP contribution in [0.4, 0.5) is 5.69 Å². The third kappa shape index (κ3) is 3.91. The Morgan fingerprint density at radius 2 is 1.56 bits per heavy atom. The number of benzene rings is 3. The Morgan fingerprint density at radius 1 is 0.971 bits per heavy atom. The topological polar surface area (TPSA) is 89.8 Å². The number of carbonyl (C=O) groups excluding carboxylic acids is 2. The van der Waals surface area contributed by atoms with Gasteiger partial charge >= 0.3 is 5.97 Å². The maximum atomic E-state index is 13.8. The Morgan fingerprint density at radius 3 is 2.09 bits per heavy atom. The lowest BCUT2D eigenvalue weighted by Crippen LogP contribution is -2.41. The number of aliphatic hydroxyl groups is 1. The molecule has 0 aliphatic carbocycles. The summed E-state index contributed by atoms with van der Waals surface area (Å²) in [5, 5.41) is 15.3. The monoisotopic (exact) mass is 458 g/mol. The molecular weight excluding hydrogens is 432 g/mol. The Balaban J connectivity index is 1.90. The Bertz CT molecular complexity index is 1290. The smallest absolute Gasteiger partial charge is 0.357 e. The van der Waals surface area contributed by atoms with E-state index < -0.39 is 17.5 Å². The second-order valence-corrected chi connectivity index (χ2v) is 7.78. The highest BCUT2D eigenvalue weighted by Crippen LogP contribution is 2.37. The van der Waals surface area contributed by atoms with E-state index in [0.29, 0.717) is 27.8 Å². The molecule has 174 valence electrons. The van der Waals surface area contributed by atoms with Gasteiger partial charge in [0.15, 0.2) is 11.3 Å². The summed E-state index contributed by atoms with van der Waals surface area (Å²) < 4.78 is 12.3. The first-order chi connectivity index (χ1) is 16.4. The molecular formula is C27H26N2O5. The van der Waals surface area contributed by atoms with Crippen LogP contribution >= 0.6 is 0 Å². The highest BCUT2D eigenvalue weighted by molar-refractivity contribution is 6.13. The molecule has 4 rings (SSSR count). The summed E-state index contributed by atoms with van der Waals surface area (Å²) in [5.41, 5.74) is -0.104. The summed E-state index contributed by atoms with van der Waals surface area (Å²) >= 11 is 0. The lowest BCUT2D eigenvalue weighted by Gasteiger charge is -2.28. The largest absolute Gasteiger partial charge is 0.497 e. The first kappa shape index (κ1) is 23.1. The van der Waals surface area contributed by atoms with Gasteiger partial charge in [-0.1, -0.05) is 60.7 Å². The molecule has 0 aliphatic heterocycles. The molecule has 1 heterocycles.